The van der Waals surface area contributed by atoms with Crippen LogP contribution in [0.4, 0.5) is 5.69 Å². The standard InChI is InChI=1S/C28H28N4O3S2/c1-19(2)35-27(34)21-8-7-9-22(16-21)29-26(33)18-37-28-31-30-25(32(28)23-10-5-4-6-11-23)17-36-24-14-12-20(3)13-15-24/h4-16,19H,17-18H2,1-3H3,(H,29,33). The number of hydrogen-bond acceptors (Lipinski definition) is 7. The Kier molecular flexibility index (Phi) is 9.03. The summed E-state index contributed by atoms with van der Waals surface area (Å²) in [7, 11) is 0. The first kappa shape index (κ1) is 26.5. The van der Waals surface area contributed by atoms with Gasteiger partial charge in [0.05, 0.1) is 23.2 Å². The van der Waals surface area contributed by atoms with E-state index in [4.69, 9.17) is 4.74 Å². The fourth-order valence-electron chi connectivity index (χ4n) is 3.44. The lowest BCUT2D eigenvalue weighted by Gasteiger charge is -2.11. The Morgan fingerprint density at radius 3 is 2.43 bits per heavy atom. The smallest absolute Gasteiger partial charge is 0.338 e. The van der Waals surface area contributed by atoms with Crippen molar-refractivity contribution in [1.29, 1.82) is 0 Å². The van der Waals surface area contributed by atoms with Gasteiger partial charge in [-0.05, 0) is 63.2 Å². The second kappa shape index (κ2) is 12.6. The third-order valence-corrected chi connectivity index (χ3v) is 7.10. The van der Waals surface area contributed by atoms with Gasteiger partial charge in [0.25, 0.3) is 0 Å². The third-order valence-electron chi connectivity index (χ3n) is 5.16. The van der Waals surface area contributed by atoms with Crippen LogP contribution in [0, 0.1) is 6.92 Å². The Labute approximate surface area is 225 Å². The summed E-state index contributed by atoms with van der Waals surface area (Å²) in [5.41, 5.74) is 3.07. The van der Waals surface area contributed by atoms with Gasteiger partial charge in [-0.25, -0.2) is 4.79 Å². The zero-order valence-electron chi connectivity index (χ0n) is 20.9. The molecular weight excluding hydrogens is 504 g/mol. The molecule has 3 aromatic carbocycles. The molecule has 7 nitrogen and oxygen atoms in total. The Bertz CT molecular complexity index is 1360. The van der Waals surface area contributed by atoms with Gasteiger partial charge < -0.3 is 10.1 Å². The average Bonchev–Trinajstić information content (AvgIpc) is 3.30. The van der Waals surface area contributed by atoms with Gasteiger partial charge in [0.15, 0.2) is 5.16 Å². The molecule has 0 aliphatic carbocycles. The number of amides is 1. The Balaban J connectivity index is 1.44. The van der Waals surface area contributed by atoms with E-state index in [0.29, 0.717) is 22.2 Å². The van der Waals surface area contributed by atoms with E-state index < -0.39 is 5.97 Å². The fraction of sp³-hybridized carbons (Fsp3) is 0.214. The molecule has 190 valence electrons. The van der Waals surface area contributed by atoms with Gasteiger partial charge in [0.1, 0.15) is 5.82 Å². The van der Waals surface area contributed by atoms with Gasteiger partial charge >= 0.3 is 5.97 Å². The van der Waals surface area contributed by atoms with Crippen LogP contribution < -0.4 is 5.32 Å². The van der Waals surface area contributed by atoms with Gasteiger partial charge in [0, 0.05) is 16.3 Å². The minimum absolute atomic E-state index is 0.136. The first-order valence-corrected chi connectivity index (χ1v) is 13.8. The number of thioether (sulfide) groups is 2. The van der Waals surface area contributed by atoms with E-state index in [1.54, 1.807) is 49.9 Å². The molecule has 0 bridgehead atoms. The number of ether oxygens (including phenoxy) is 1. The van der Waals surface area contributed by atoms with E-state index in [1.807, 2.05) is 34.9 Å². The summed E-state index contributed by atoms with van der Waals surface area (Å²) in [6, 6.07) is 25.0. The summed E-state index contributed by atoms with van der Waals surface area (Å²) in [6.07, 6.45) is -0.218. The number of nitrogens with one attached hydrogen (secondary N) is 1. The minimum Gasteiger partial charge on any atom is -0.459 e. The van der Waals surface area contributed by atoms with Crippen molar-refractivity contribution in [2.75, 3.05) is 11.1 Å². The van der Waals surface area contributed by atoms with Gasteiger partial charge in [-0.2, -0.15) is 0 Å². The topological polar surface area (TPSA) is 86.1 Å². The van der Waals surface area contributed by atoms with Crippen LogP contribution in [-0.2, 0) is 15.3 Å². The van der Waals surface area contributed by atoms with Crippen molar-refractivity contribution in [2.45, 2.75) is 42.7 Å². The van der Waals surface area contributed by atoms with E-state index in [9.17, 15) is 9.59 Å². The lowest BCUT2D eigenvalue weighted by Crippen LogP contribution is -2.16. The van der Waals surface area contributed by atoms with E-state index in [-0.39, 0.29) is 17.8 Å². The normalized spacial score (nSPS) is 10.9. The monoisotopic (exact) mass is 532 g/mol. The van der Waals surface area contributed by atoms with Gasteiger partial charge in [-0.1, -0.05) is 53.7 Å². The number of para-hydroxylation sites is 1. The van der Waals surface area contributed by atoms with Crippen LogP contribution >= 0.6 is 23.5 Å². The first-order chi connectivity index (χ1) is 17.9. The minimum atomic E-state index is -0.424. The molecule has 0 fully saturated rings. The number of benzene rings is 3. The maximum absolute atomic E-state index is 12.7. The SMILES string of the molecule is Cc1ccc(SCc2nnc(SCC(=O)Nc3cccc(C(=O)OC(C)C)c3)n2-c2ccccc2)cc1. The van der Waals surface area contributed by atoms with Gasteiger partial charge in [-0.15, -0.1) is 22.0 Å². The molecule has 0 aliphatic heterocycles. The van der Waals surface area contributed by atoms with Crippen molar-refractivity contribution >= 4 is 41.1 Å². The highest BCUT2D eigenvalue weighted by atomic mass is 32.2. The number of aryl methyl sites for hydroxylation is 1. The first-order valence-electron chi connectivity index (χ1n) is 11.8. The molecule has 37 heavy (non-hydrogen) atoms. The molecule has 4 rings (SSSR count). The number of carbonyl (C=O) groups excluding carboxylic acids is 2. The molecule has 1 N–H and O–H groups in total. The van der Waals surface area contributed by atoms with E-state index in [0.717, 1.165) is 16.4 Å². The molecule has 4 aromatic rings. The lowest BCUT2D eigenvalue weighted by atomic mass is 10.2. The van der Waals surface area contributed by atoms with Crippen LogP contribution in [-0.4, -0.2) is 38.5 Å². The molecule has 0 aliphatic rings. The molecule has 0 spiro atoms. The van der Waals surface area contributed by atoms with E-state index in [1.165, 1.54) is 17.3 Å². The number of carbonyl (C=O) groups is 2. The van der Waals surface area contributed by atoms with Crippen molar-refractivity contribution in [1.82, 2.24) is 14.8 Å². The second-order valence-electron chi connectivity index (χ2n) is 8.54. The molecule has 1 aromatic heterocycles. The lowest BCUT2D eigenvalue weighted by molar-refractivity contribution is -0.113. The Morgan fingerprint density at radius 2 is 1.70 bits per heavy atom. The van der Waals surface area contributed by atoms with Crippen LogP contribution in [0.25, 0.3) is 5.69 Å². The Morgan fingerprint density at radius 1 is 0.946 bits per heavy atom. The highest BCUT2D eigenvalue weighted by molar-refractivity contribution is 7.99. The van der Waals surface area contributed by atoms with Crippen molar-refractivity contribution in [3.05, 3.63) is 95.8 Å². The second-order valence-corrected chi connectivity index (χ2v) is 10.5. The zero-order chi connectivity index (χ0) is 26.2. The molecule has 1 amide bonds. The van der Waals surface area contributed by atoms with Crippen LogP contribution in [0.15, 0.2) is 88.9 Å². The molecule has 0 unspecified atom stereocenters. The van der Waals surface area contributed by atoms with Crippen LogP contribution in [0.3, 0.4) is 0 Å². The fourth-order valence-corrected chi connectivity index (χ4v) is 5.02. The van der Waals surface area contributed by atoms with Gasteiger partial charge in [0.2, 0.25) is 5.91 Å². The largest absolute Gasteiger partial charge is 0.459 e. The number of nitrogens with zero attached hydrogens (tertiary/aromatic N) is 3. The van der Waals surface area contributed by atoms with Crippen LogP contribution in [0.2, 0.25) is 0 Å². The van der Waals surface area contributed by atoms with Crippen molar-refractivity contribution in [2.24, 2.45) is 0 Å². The molecular formula is C28H28N4O3S2. The Hall–Kier alpha value is -3.56. The molecule has 0 radical (unpaired) electrons. The van der Waals surface area contributed by atoms with Crippen molar-refractivity contribution in [3.8, 4) is 5.69 Å². The van der Waals surface area contributed by atoms with Crippen LogP contribution in [0.1, 0.15) is 35.6 Å². The van der Waals surface area contributed by atoms with Gasteiger partial charge in [-0.3, -0.25) is 9.36 Å². The maximum atomic E-state index is 12.7. The highest BCUT2D eigenvalue weighted by Gasteiger charge is 2.17. The number of anilines is 1. The molecule has 1 heterocycles. The number of rotatable bonds is 10. The third kappa shape index (κ3) is 7.47. The summed E-state index contributed by atoms with van der Waals surface area (Å²) in [4.78, 5) is 26.1. The summed E-state index contributed by atoms with van der Waals surface area (Å²) in [5, 5.41) is 12.3. The predicted molar refractivity (Wildman–Crippen MR) is 148 cm³/mol. The summed E-state index contributed by atoms with van der Waals surface area (Å²) >= 11 is 3.00. The van der Waals surface area contributed by atoms with Crippen LogP contribution in [0.5, 0.6) is 0 Å². The average molecular weight is 533 g/mol. The van der Waals surface area contributed by atoms with E-state index in [2.05, 4.69) is 46.7 Å². The quantitative estimate of drug-likeness (QED) is 0.193. The molecule has 0 saturated heterocycles. The maximum Gasteiger partial charge on any atom is 0.338 e. The number of hydrogen-bond donors (Lipinski definition) is 1. The van der Waals surface area contributed by atoms with Crippen molar-refractivity contribution < 1.29 is 14.3 Å². The molecule has 0 atom stereocenters. The zero-order valence-corrected chi connectivity index (χ0v) is 22.5. The van der Waals surface area contributed by atoms with E-state index >= 15 is 0 Å². The number of aromatic nitrogens is 3. The predicted octanol–water partition coefficient (Wildman–Crippen LogP) is 6.16. The highest BCUT2D eigenvalue weighted by Crippen LogP contribution is 2.27. The summed E-state index contributed by atoms with van der Waals surface area (Å²) in [5.74, 6) is 0.939. The molecule has 9 heteroatoms. The summed E-state index contributed by atoms with van der Waals surface area (Å²) < 4.78 is 7.22. The van der Waals surface area contributed by atoms with Crippen molar-refractivity contribution in [3.63, 3.8) is 0 Å². The molecule has 0 saturated carbocycles. The number of esters is 1. The summed E-state index contributed by atoms with van der Waals surface area (Å²) in [6.45, 7) is 5.65.